The van der Waals surface area contributed by atoms with Gasteiger partial charge < -0.3 is 4.74 Å². The van der Waals surface area contributed by atoms with Gasteiger partial charge in [0.2, 0.25) is 0 Å². The van der Waals surface area contributed by atoms with Gasteiger partial charge in [-0.2, -0.15) is 10.5 Å². The van der Waals surface area contributed by atoms with Crippen molar-refractivity contribution >= 4 is 5.97 Å². The third kappa shape index (κ3) is 4.98. The van der Waals surface area contributed by atoms with Crippen LogP contribution in [-0.4, -0.2) is 12.1 Å². The van der Waals surface area contributed by atoms with E-state index in [0.717, 1.165) is 56.9 Å². The number of benzene rings is 1. The van der Waals surface area contributed by atoms with Crippen LogP contribution in [0, 0.1) is 40.3 Å². The summed E-state index contributed by atoms with van der Waals surface area (Å²) in [5.41, 5.74) is 0.995. The predicted molar refractivity (Wildman–Crippen MR) is 102 cm³/mol. The SMILES string of the molecule is N#CC=CC1CCC(C(=O)OC2CCC(c3ccc(C#N)c(F)c3)CC2)CC1. The van der Waals surface area contributed by atoms with Crippen molar-refractivity contribution in [3.8, 4) is 12.1 Å². The molecule has 0 N–H and O–H groups in total. The zero-order valence-electron chi connectivity index (χ0n) is 15.9. The fourth-order valence-corrected chi connectivity index (χ4v) is 4.38. The Labute approximate surface area is 165 Å². The summed E-state index contributed by atoms with van der Waals surface area (Å²) in [5, 5.41) is 17.4. The van der Waals surface area contributed by atoms with Crippen LogP contribution >= 0.6 is 0 Å². The number of nitriles is 2. The van der Waals surface area contributed by atoms with Gasteiger partial charge in [-0.1, -0.05) is 12.1 Å². The van der Waals surface area contributed by atoms with E-state index in [0.29, 0.717) is 5.92 Å². The number of esters is 1. The average molecular weight is 380 g/mol. The van der Waals surface area contributed by atoms with Crippen molar-refractivity contribution in [3.05, 3.63) is 47.3 Å². The van der Waals surface area contributed by atoms with Crippen molar-refractivity contribution in [2.45, 2.75) is 63.4 Å². The van der Waals surface area contributed by atoms with Crippen LogP contribution in [0.2, 0.25) is 0 Å². The van der Waals surface area contributed by atoms with Gasteiger partial charge in [-0.05, 0) is 80.9 Å². The molecule has 2 saturated carbocycles. The predicted octanol–water partition coefficient (Wildman–Crippen LogP) is 5.15. The Kier molecular flexibility index (Phi) is 6.82. The van der Waals surface area contributed by atoms with Gasteiger partial charge in [0.1, 0.15) is 18.0 Å². The molecule has 0 amide bonds. The van der Waals surface area contributed by atoms with E-state index in [1.807, 2.05) is 24.3 Å². The number of ether oxygens (including phenoxy) is 1. The van der Waals surface area contributed by atoms with E-state index in [-0.39, 0.29) is 29.5 Å². The average Bonchev–Trinajstić information content (AvgIpc) is 2.73. The van der Waals surface area contributed by atoms with Crippen molar-refractivity contribution in [1.82, 2.24) is 0 Å². The molecule has 0 saturated heterocycles. The van der Waals surface area contributed by atoms with E-state index >= 15 is 0 Å². The van der Waals surface area contributed by atoms with Crippen LogP contribution in [0.5, 0.6) is 0 Å². The summed E-state index contributed by atoms with van der Waals surface area (Å²) < 4.78 is 19.6. The highest BCUT2D eigenvalue weighted by Crippen LogP contribution is 2.36. The van der Waals surface area contributed by atoms with Crippen LogP contribution in [0.15, 0.2) is 30.4 Å². The zero-order chi connectivity index (χ0) is 19.9. The number of hydrogen-bond donors (Lipinski definition) is 0. The molecule has 0 bridgehead atoms. The lowest BCUT2D eigenvalue weighted by Crippen LogP contribution is -2.29. The third-order valence-corrected chi connectivity index (χ3v) is 6.09. The zero-order valence-corrected chi connectivity index (χ0v) is 15.9. The summed E-state index contributed by atoms with van der Waals surface area (Å²) in [5.74, 6) is 0.0629. The first-order valence-corrected chi connectivity index (χ1v) is 10.1. The van der Waals surface area contributed by atoms with E-state index in [2.05, 4.69) is 0 Å². The molecule has 1 aromatic rings. The maximum Gasteiger partial charge on any atom is 0.309 e. The van der Waals surface area contributed by atoms with Gasteiger partial charge in [0.05, 0.1) is 17.6 Å². The van der Waals surface area contributed by atoms with Gasteiger partial charge in [0, 0.05) is 6.08 Å². The Morgan fingerprint density at radius 1 is 1.07 bits per heavy atom. The molecule has 28 heavy (non-hydrogen) atoms. The summed E-state index contributed by atoms with van der Waals surface area (Å²) in [4.78, 5) is 12.5. The van der Waals surface area contributed by atoms with Crippen molar-refractivity contribution in [2.24, 2.45) is 11.8 Å². The lowest BCUT2D eigenvalue weighted by atomic mass is 9.81. The summed E-state index contributed by atoms with van der Waals surface area (Å²) in [6.07, 6.45) is 10.2. The molecular weight excluding hydrogens is 355 g/mol. The molecule has 0 aliphatic heterocycles. The molecule has 5 heteroatoms. The molecule has 146 valence electrons. The standard InChI is InChI=1S/C23H25FN2O2/c24-22-14-19(7-8-20(22)15-26)17-9-11-21(12-10-17)28-23(27)18-5-3-16(4-6-18)2-1-13-25/h1-2,7-8,14,16-18,21H,3-6,9-12H2. The van der Waals surface area contributed by atoms with Crippen LogP contribution in [0.3, 0.4) is 0 Å². The van der Waals surface area contributed by atoms with Gasteiger partial charge in [0.15, 0.2) is 0 Å². The Morgan fingerprint density at radius 3 is 2.39 bits per heavy atom. The van der Waals surface area contributed by atoms with Crippen molar-refractivity contribution < 1.29 is 13.9 Å². The van der Waals surface area contributed by atoms with E-state index < -0.39 is 5.82 Å². The van der Waals surface area contributed by atoms with Crippen molar-refractivity contribution in [1.29, 1.82) is 10.5 Å². The monoisotopic (exact) mass is 380 g/mol. The van der Waals surface area contributed by atoms with Crippen LogP contribution in [0.1, 0.15) is 68.4 Å². The number of nitrogens with zero attached hydrogens (tertiary/aromatic N) is 2. The van der Waals surface area contributed by atoms with Gasteiger partial charge in [-0.15, -0.1) is 0 Å². The van der Waals surface area contributed by atoms with Crippen LogP contribution in [-0.2, 0) is 9.53 Å². The van der Waals surface area contributed by atoms with Crippen LogP contribution < -0.4 is 0 Å². The Balaban J connectivity index is 1.45. The largest absolute Gasteiger partial charge is 0.462 e. The Hall–Kier alpha value is -2.66. The molecule has 0 spiro atoms. The van der Waals surface area contributed by atoms with E-state index in [1.165, 1.54) is 12.1 Å². The highest BCUT2D eigenvalue weighted by atomic mass is 19.1. The molecule has 2 fully saturated rings. The van der Waals surface area contributed by atoms with Gasteiger partial charge >= 0.3 is 5.97 Å². The number of carbonyl (C=O) groups is 1. The molecule has 4 nitrogen and oxygen atoms in total. The minimum Gasteiger partial charge on any atom is -0.462 e. The van der Waals surface area contributed by atoms with E-state index in [1.54, 1.807) is 6.07 Å². The number of allylic oxidation sites excluding steroid dienone is 2. The molecule has 3 rings (SSSR count). The highest BCUT2D eigenvalue weighted by Gasteiger charge is 2.30. The highest BCUT2D eigenvalue weighted by molar-refractivity contribution is 5.72. The molecule has 0 atom stereocenters. The minimum absolute atomic E-state index is 0.0305. The number of halogens is 1. The van der Waals surface area contributed by atoms with Crippen molar-refractivity contribution in [2.75, 3.05) is 0 Å². The first-order chi connectivity index (χ1) is 13.6. The smallest absolute Gasteiger partial charge is 0.309 e. The lowest BCUT2D eigenvalue weighted by Gasteiger charge is -2.31. The molecule has 0 radical (unpaired) electrons. The maximum absolute atomic E-state index is 13.8. The first-order valence-electron chi connectivity index (χ1n) is 10.1. The quantitative estimate of drug-likeness (QED) is 0.535. The summed E-state index contributed by atoms with van der Waals surface area (Å²) >= 11 is 0. The number of rotatable bonds is 4. The molecule has 0 unspecified atom stereocenters. The van der Waals surface area contributed by atoms with E-state index in [9.17, 15) is 9.18 Å². The molecule has 0 aromatic heterocycles. The molecule has 2 aliphatic carbocycles. The normalized spacial score (nSPS) is 27.7. The molecule has 0 heterocycles. The van der Waals surface area contributed by atoms with Crippen molar-refractivity contribution in [3.63, 3.8) is 0 Å². The summed E-state index contributed by atoms with van der Waals surface area (Å²) in [6.45, 7) is 0. The van der Waals surface area contributed by atoms with Gasteiger partial charge in [-0.25, -0.2) is 4.39 Å². The topological polar surface area (TPSA) is 73.9 Å². The number of carbonyl (C=O) groups excluding carboxylic acids is 1. The summed E-state index contributed by atoms with van der Waals surface area (Å²) in [6, 6.07) is 8.71. The third-order valence-electron chi connectivity index (χ3n) is 6.09. The minimum atomic E-state index is -0.464. The lowest BCUT2D eigenvalue weighted by molar-refractivity contribution is -0.157. The van der Waals surface area contributed by atoms with Crippen LogP contribution in [0.25, 0.3) is 0 Å². The molecule has 1 aromatic carbocycles. The maximum atomic E-state index is 13.8. The first kappa shape index (κ1) is 20.1. The second-order valence-electron chi connectivity index (χ2n) is 7.86. The Morgan fingerprint density at radius 2 is 1.79 bits per heavy atom. The fraction of sp³-hybridized carbons (Fsp3) is 0.522. The van der Waals surface area contributed by atoms with E-state index in [4.69, 9.17) is 15.3 Å². The summed E-state index contributed by atoms with van der Waals surface area (Å²) in [7, 11) is 0. The molecule has 2 aliphatic rings. The fourth-order valence-electron chi connectivity index (χ4n) is 4.38. The molecular formula is C23H25FN2O2. The van der Waals surface area contributed by atoms with Crippen LogP contribution in [0.4, 0.5) is 4.39 Å². The second-order valence-corrected chi connectivity index (χ2v) is 7.86. The second kappa shape index (κ2) is 9.51. The van der Waals surface area contributed by atoms with Gasteiger partial charge in [0.25, 0.3) is 0 Å². The van der Waals surface area contributed by atoms with Gasteiger partial charge in [-0.3, -0.25) is 4.79 Å². The number of hydrogen-bond acceptors (Lipinski definition) is 4. The Bertz CT molecular complexity index is 805.